The highest BCUT2D eigenvalue weighted by Crippen LogP contribution is 2.28. The lowest BCUT2D eigenvalue weighted by atomic mass is 9.98. The summed E-state index contributed by atoms with van der Waals surface area (Å²) in [6.45, 7) is 4.32. The molecule has 0 radical (unpaired) electrons. The highest BCUT2D eigenvalue weighted by atomic mass is 35.5. The molecule has 0 N–H and O–H groups in total. The summed E-state index contributed by atoms with van der Waals surface area (Å²) in [5.74, 6) is 0.632. The summed E-state index contributed by atoms with van der Waals surface area (Å²) < 4.78 is 0. The highest BCUT2D eigenvalue weighted by Gasteiger charge is 2.07. The lowest BCUT2D eigenvalue weighted by Gasteiger charge is -2.09. The van der Waals surface area contributed by atoms with Crippen LogP contribution in [0.2, 0.25) is 5.02 Å². The number of hydrogen-bond acceptors (Lipinski definition) is 1. The maximum absolute atomic E-state index is 6.21. The fourth-order valence-electron chi connectivity index (χ4n) is 4.26. The molecule has 0 saturated carbocycles. The van der Waals surface area contributed by atoms with E-state index >= 15 is 0 Å². The molecule has 0 aliphatic rings. The molecule has 5 rings (SSSR count). The normalized spacial score (nSPS) is 11.3. The summed E-state index contributed by atoms with van der Waals surface area (Å²) in [4.78, 5) is 9.05. The third-order valence-electron chi connectivity index (χ3n) is 6.07. The van der Waals surface area contributed by atoms with Crippen molar-refractivity contribution in [3.05, 3.63) is 144 Å². The zero-order chi connectivity index (χ0) is 24.7. The summed E-state index contributed by atoms with van der Waals surface area (Å²) in [6, 6.07) is 43.5. The van der Waals surface area contributed by atoms with Gasteiger partial charge in [-0.2, -0.15) is 0 Å². The van der Waals surface area contributed by atoms with Gasteiger partial charge in [-0.3, -0.25) is 4.99 Å². The van der Waals surface area contributed by atoms with E-state index in [9.17, 15) is 0 Å². The third-order valence-corrected chi connectivity index (χ3v) is 6.30. The molecule has 0 aliphatic carbocycles. The highest BCUT2D eigenvalue weighted by molar-refractivity contribution is 6.30. The van der Waals surface area contributed by atoms with E-state index < -0.39 is 0 Å². The first-order valence-corrected chi connectivity index (χ1v) is 12.2. The average molecular weight is 485 g/mol. The van der Waals surface area contributed by atoms with Gasteiger partial charge < -0.3 is 0 Å². The van der Waals surface area contributed by atoms with E-state index in [4.69, 9.17) is 16.6 Å². The van der Waals surface area contributed by atoms with E-state index in [1.165, 1.54) is 11.1 Å². The van der Waals surface area contributed by atoms with Gasteiger partial charge in [0.05, 0.1) is 6.54 Å². The predicted octanol–water partition coefficient (Wildman–Crippen LogP) is 8.99. The summed E-state index contributed by atoms with van der Waals surface area (Å²) in [6.07, 6.45) is 0. The van der Waals surface area contributed by atoms with Crippen molar-refractivity contribution >= 4 is 24.2 Å². The first-order chi connectivity index (χ1) is 17.7. The molecule has 2 nitrogen and oxygen atoms in total. The minimum absolute atomic E-state index is 0.531. The molecular weight excluding hydrogens is 460 g/mol. The van der Waals surface area contributed by atoms with Gasteiger partial charge in [-0.15, -0.1) is 0 Å². The van der Waals surface area contributed by atoms with E-state index in [0.29, 0.717) is 12.4 Å². The Morgan fingerprint density at radius 2 is 1.11 bits per heavy atom. The smallest absolute Gasteiger partial charge is 0.154 e. The van der Waals surface area contributed by atoms with Crippen LogP contribution in [-0.4, -0.2) is 12.6 Å². The van der Waals surface area contributed by atoms with Gasteiger partial charge in [-0.05, 0) is 76.0 Å². The molecule has 36 heavy (non-hydrogen) atoms. The molecule has 0 fully saturated rings. The standard InChI is InChI=1S/C33H25ClN2/c1-35-33(36-23-24-9-5-12-26(19-24)25-10-3-2-4-11-25)31-17-7-15-29(21-31)27-13-6-14-28(20-27)30-16-8-18-32(34)22-30/h2-22H,1,23H2. The Bertz CT molecular complexity index is 1540. The van der Waals surface area contributed by atoms with Crippen LogP contribution in [0.1, 0.15) is 11.1 Å². The number of aliphatic imine (C=N–C) groups is 2. The molecule has 0 aromatic heterocycles. The second-order valence-corrected chi connectivity index (χ2v) is 8.97. The van der Waals surface area contributed by atoms with Crippen molar-refractivity contribution in [2.24, 2.45) is 9.98 Å². The Morgan fingerprint density at radius 3 is 1.81 bits per heavy atom. The van der Waals surface area contributed by atoms with Gasteiger partial charge in [-0.25, -0.2) is 4.99 Å². The second kappa shape index (κ2) is 11.0. The monoisotopic (exact) mass is 484 g/mol. The molecule has 0 heterocycles. The van der Waals surface area contributed by atoms with Crippen molar-refractivity contribution in [1.82, 2.24) is 0 Å². The number of nitrogens with zero attached hydrogens (tertiary/aromatic N) is 2. The SMILES string of the molecule is C=NC(=NCc1cccc(-c2ccccc2)c1)c1cccc(-c2cccc(-c3cccc(Cl)c3)c2)c1. The van der Waals surface area contributed by atoms with Gasteiger partial charge in [-0.1, -0.05) is 109 Å². The molecule has 0 saturated heterocycles. The minimum Gasteiger partial charge on any atom is -0.261 e. The first kappa shape index (κ1) is 23.5. The topological polar surface area (TPSA) is 24.7 Å². The third kappa shape index (κ3) is 5.51. The van der Waals surface area contributed by atoms with Crippen LogP contribution >= 0.6 is 11.6 Å². The summed E-state index contributed by atoms with van der Waals surface area (Å²) >= 11 is 6.21. The van der Waals surface area contributed by atoms with E-state index in [1.807, 2.05) is 36.4 Å². The number of benzene rings is 5. The molecule has 0 atom stereocenters. The van der Waals surface area contributed by atoms with Gasteiger partial charge in [0, 0.05) is 10.6 Å². The molecule has 5 aromatic rings. The Hall–Kier alpha value is -4.27. The van der Waals surface area contributed by atoms with Gasteiger partial charge in [0.15, 0.2) is 5.84 Å². The molecule has 0 aliphatic heterocycles. The number of amidine groups is 1. The number of rotatable bonds is 6. The van der Waals surface area contributed by atoms with Crippen LogP contribution in [0.3, 0.4) is 0 Å². The van der Waals surface area contributed by atoms with Crippen LogP contribution in [0.5, 0.6) is 0 Å². The van der Waals surface area contributed by atoms with E-state index in [2.05, 4.69) is 103 Å². The Balaban J connectivity index is 1.40. The van der Waals surface area contributed by atoms with Crippen molar-refractivity contribution in [3.63, 3.8) is 0 Å². The van der Waals surface area contributed by atoms with Crippen molar-refractivity contribution < 1.29 is 0 Å². The summed E-state index contributed by atoms with van der Waals surface area (Å²) in [7, 11) is 0. The zero-order valence-corrected chi connectivity index (χ0v) is 20.6. The Morgan fingerprint density at radius 1 is 0.556 bits per heavy atom. The molecule has 0 amide bonds. The molecule has 174 valence electrons. The molecule has 0 unspecified atom stereocenters. The summed E-state index contributed by atoms with van der Waals surface area (Å²) in [5.41, 5.74) is 8.86. The van der Waals surface area contributed by atoms with Crippen LogP contribution in [-0.2, 0) is 6.54 Å². The predicted molar refractivity (Wildman–Crippen MR) is 154 cm³/mol. The minimum atomic E-state index is 0.531. The molecule has 5 aromatic carbocycles. The van der Waals surface area contributed by atoms with Crippen molar-refractivity contribution in [1.29, 1.82) is 0 Å². The second-order valence-electron chi connectivity index (χ2n) is 8.54. The quantitative estimate of drug-likeness (QED) is 0.170. The summed E-state index contributed by atoms with van der Waals surface area (Å²) in [5, 5.41) is 0.729. The zero-order valence-electron chi connectivity index (χ0n) is 19.8. The fourth-order valence-corrected chi connectivity index (χ4v) is 4.45. The van der Waals surface area contributed by atoms with E-state index in [-0.39, 0.29) is 0 Å². The largest absolute Gasteiger partial charge is 0.261 e. The maximum atomic E-state index is 6.21. The van der Waals surface area contributed by atoms with Crippen LogP contribution < -0.4 is 0 Å². The van der Waals surface area contributed by atoms with Gasteiger partial charge >= 0.3 is 0 Å². The molecule has 0 bridgehead atoms. The lowest BCUT2D eigenvalue weighted by molar-refractivity contribution is 1.06. The van der Waals surface area contributed by atoms with Crippen LogP contribution in [0, 0.1) is 0 Å². The number of hydrogen-bond donors (Lipinski definition) is 0. The fraction of sp³-hybridized carbons (Fsp3) is 0.0303. The Labute approximate surface area is 217 Å². The first-order valence-electron chi connectivity index (χ1n) is 11.8. The molecule has 0 spiro atoms. The maximum Gasteiger partial charge on any atom is 0.154 e. The van der Waals surface area contributed by atoms with Crippen molar-refractivity contribution in [2.75, 3.05) is 0 Å². The number of halogens is 1. The average Bonchev–Trinajstić information content (AvgIpc) is 2.94. The van der Waals surface area contributed by atoms with Crippen molar-refractivity contribution in [3.8, 4) is 33.4 Å². The molecular formula is C33H25ClN2. The van der Waals surface area contributed by atoms with E-state index in [0.717, 1.165) is 38.4 Å². The van der Waals surface area contributed by atoms with Gasteiger partial charge in [0.2, 0.25) is 0 Å². The van der Waals surface area contributed by atoms with Gasteiger partial charge in [0.25, 0.3) is 0 Å². The van der Waals surface area contributed by atoms with Crippen LogP contribution in [0.4, 0.5) is 0 Å². The van der Waals surface area contributed by atoms with E-state index in [1.54, 1.807) is 0 Å². The Kier molecular flexibility index (Phi) is 7.16. The van der Waals surface area contributed by atoms with Gasteiger partial charge in [0.1, 0.15) is 0 Å². The van der Waals surface area contributed by atoms with Crippen LogP contribution in [0.25, 0.3) is 33.4 Å². The van der Waals surface area contributed by atoms with Crippen molar-refractivity contribution in [2.45, 2.75) is 6.54 Å². The lowest BCUT2D eigenvalue weighted by Crippen LogP contribution is -1.98. The van der Waals surface area contributed by atoms with Crippen LogP contribution in [0.15, 0.2) is 137 Å². The molecule has 3 heteroatoms.